The number of hydrogen-bond acceptors (Lipinski definition) is 6. The molecule has 1 aromatic carbocycles. The van der Waals surface area contributed by atoms with E-state index in [9.17, 15) is 4.79 Å². The van der Waals surface area contributed by atoms with E-state index in [0.29, 0.717) is 17.9 Å². The van der Waals surface area contributed by atoms with E-state index >= 15 is 0 Å². The Kier molecular flexibility index (Phi) is 4.36. The molecule has 21 heavy (non-hydrogen) atoms. The molecule has 0 aliphatic heterocycles. The molecular weight excluding hydrogens is 268 g/mol. The molecule has 0 aliphatic carbocycles. The highest BCUT2D eigenvalue weighted by molar-refractivity contribution is 5.96. The van der Waals surface area contributed by atoms with Crippen LogP contribution in [-0.4, -0.2) is 18.1 Å². The minimum Gasteiger partial charge on any atom is -0.465 e. The molecule has 2 aromatic rings. The summed E-state index contributed by atoms with van der Waals surface area (Å²) in [4.78, 5) is 15.8. The number of aromatic nitrogens is 1. The number of rotatable bonds is 4. The van der Waals surface area contributed by atoms with Gasteiger partial charge in [0.1, 0.15) is 11.4 Å². The standard InChI is InChI=1S/C15H14N4O2/c1-21-15(20)13-8-11(17)9-18-14(13)19-12-4-2-10(3-5-12)6-7-16/h2-5,8-9H,6,17H2,1H3,(H,18,19). The van der Waals surface area contributed by atoms with Gasteiger partial charge in [0.2, 0.25) is 0 Å². The third-order valence-corrected chi connectivity index (χ3v) is 2.81. The summed E-state index contributed by atoms with van der Waals surface area (Å²) in [6, 6.07) is 10.9. The van der Waals surface area contributed by atoms with Gasteiger partial charge in [-0.05, 0) is 23.8 Å². The Labute approximate surface area is 122 Å². The summed E-state index contributed by atoms with van der Waals surface area (Å²) in [6.45, 7) is 0. The maximum atomic E-state index is 11.7. The number of ether oxygens (including phenoxy) is 1. The van der Waals surface area contributed by atoms with E-state index in [4.69, 9.17) is 15.7 Å². The van der Waals surface area contributed by atoms with Crippen LogP contribution in [0.5, 0.6) is 0 Å². The van der Waals surface area contributed by atoms with E-state index in [0.717, 1.165) is 11.3 Å². The van der Waals surface area contributed by atoms with Gasteiger partial charge in [-0.3, -0.25) is 0 Å². The number of methoxy groups -OCH3 is 1. The lowest BCUT2D eigenvalue weighted by Crippen LogP contribution is -2.08. The molecule has 0 bridgehead atoms. The summed E-state index contributed by atoms with van der Waals surface area (Å²) in [5.74, 6) is -0.150. The maximum Gasteiger partial charge on any atom is 0.341 e. The smallest absolute Gasteiger partial charge is 0.341 e. The number of benzene rings is 1. The predicted molar refractivity (Wildman–Crippen MR) is 79.0 cm³/mol. The molecule has 106 valence electrons. The summed E-state index contributed by atoms with van der Waals surface area (Å²) in [7, 11) is 1.30. The summed E-state index contributed by atoms with van der Waals surface area (Å²) in [6.07, 6.45) is 1.81. The lowest BCUT2D eigenvalue weighted by molar-refractivity contribution is 0.0601. The van der Waals surface area contributed by atoms with Crippen molar-refractivity contribution in [2.75, 3.05) is 18.2 Å². The average Bonchev–Trinajstić information content (AvgIpc) is 2.50. The monoisotopic (exact) mass is 282 g/mol. The van der Waals surface area contributed by atoms with Gasteiger partial charge in [-0.15, -0.1) is 0 Å². The fourth-order valence-corrected chi connectivity index (χ4v) is 1.78. The van der Waals surface area contributed by atoms with Crippen LogP contribution in [0.15, 0.2) is 36.5 Å². The van der Waals surface area contributed by atoms with Crippen LogP contribution >= 0.6 is 0 Å². The van der Waals surface area contributed by atoms with Crippen LogP contribution < -0.4 is 11.1 Å². The van der Waals surface area contributed by atoms with E-state index in [1.54, 1.807) is 0 Å². The van der Waals surface area contributed by atoms with Crippen molar-refractivity contribution in [3.8, 4) is 6.07 Å². The third-order valence-electron chi connectivity index (χ3n) is 2.81. The summed E-state index contributed by atoms with van der Waals surface area (Å²) < 4.78 is 4.71. The van der Waals surface area contributed by atoms with Gasteiger partial charge < -0.3 is 15.8 Å². The van der Waals surface area contributed by atoms with E-state index in [2.05, 4.69) is 16.4 Å². The molecule has 6 heteroatoms. The number of carbonyl (C=O) groups is 1. The van der Waals surface area contributed by atoms with Crippen LogP contribution in [0.2, 0.25) is 0 Å². The van der Waals surface area contributed by atoms with E-state index < -0.39 is 5.97 Å². The lowest BCUT2D eigenvalue weighted by Gasteiger charge is -2.10. The molecule has 1 heterocycles. The van der Waals surface area contributed by atoms with E-state index in [-0.39, 0.29) is 5.56 Å². The van der Waals surface area contributed by atoms with E-state index in [1.165, 1.54) is 19.4 Å². The number of nitriles is 1. The summed E-state index contributed by atoms with van der Waals surface area (Å²) in [5, 5.41) is 11.7. The molecule has 0 spiro atoms. The van der Waals surface area contributed by atoms with Crippen molar-refractivity contribution in [3.63, 3.8) is 0 Å². The Morgan fingerprint density at radius 2 is 2.14 bits per heavy atom. The third kappa shape index (κ3) is 3.48. The first kappa shape index (κ1) is 14.3. The van der Waals surface area contributed by atoms with Crippen LogP contribution in [0.1, 0.15) is 15.9 Å². The molecule has 0 atom stereocenters. The molecule has 0 radical (unpaired) electrons. The minimum absolute atomic E-state index is 0.263. The Bertz CT molecular complexity index is 690. The normalized spacial score (nSPS) is 9.71. The Hall–Kier alpha value is -3.07. The van der Waals surface area contributed by atoms with Crippen molar-refractivity contribution < 1.29 is 9.53 Å². The van der Waals surface area contributed by atoms with Gasteiger partial charge in [0.05, 0.1) is 31.5 Å². The van der Waals surface area contributed by atoms with Crippen LogP contribution in [-0.2, 0) is 11.2 Å². The fourth-order valence-electron chi connectivity index (χ4n) is 1.78. The van der Waals surface area contributed by atoms with Gasteiger partial charge in [-0.2, -0.15) is 5.26 Å². The number of nitrogens with zero attached hydrogens (tertiary/aromatic N) is 2. The zero-order valence-corrected chi connectivity index (χ0v) is 11.5. The molecule has 0 fully saturated rings. The molecule has 0 amide bonds. The largest absolute Gasteiger partial charge is 0.465 e. The predicted octanol–water partition coefficient (Wildman–Crippen LogP) is 2.26. The molecule has 0 saturated carbocycles. The summed E-state index contributed by atoms with van der Waals surface area (Å²) in [5.41, 5.74) is 7.95. The average molecular weight is 282 g/mol. The number of nitrogens with two attached hydrogens (primary N) is 1. The second kappa shape index (κ2) is 6.39. The molecule has 1 aromatic heterocycles. The second-order valence-corrected chi connectivity index (χ2v) is 4.31. The van der Waals surface area contributed by atoms with Crippen molar-refractivity contribution in [1.29, 1.82) is 5.26 Å². The van der Waals surface area contributed by atoms with Crippen molar-refractivity contribution in [1.82, 2.24) is 4.98 Å². The molecule has 2 rings (SSSR count). The van der Waals surface area contributed by atoms with Gasteiger partial charge in [0, 0.05) is 5.69 Å². The van der Waals surface area contributed by atoms with Gasteiger partial charge in [-0.25, -0.2) is 9.78 Å². The van der Waals surface area contributed by atoms with Crippen LogP contribution in [0.4, 0.5) is 17.2 Å². The van der Waals surface area contributed by atoms with Gasteiger partial charge in [0.25, 0.3) is 0 Å². The summed E-state index contributed by atoms with van der Waals surface area (Å²) >= 11 is 0. The SMILES string of the molecule is COC(=O)c1cc(N)cnc1Nc1ccc(CC#N)cc1. The van der Waals surface area contributed by atoms with Crippen molar-refractivity contribution >= 4 is 23.2 Å². The minimum atomic E-state index is -0.515. The molecule has 0 unspecified atom stereocenters. The Balaban J connectivity index is 2.27. The number of hydrogen-bond donors (Lipinski definition) is 2. The van der Waals surface area contributed by atoms with Gasteiger partial charge in [-0.1, -0.05) is 12.1 Å². The highest BCUT2D eigenvalue weighted by atomic mass is 16.5. The first-order valence-corrected chi connectivity index (χ1v) is 6.21. The zero-order valence-electron chi connectivity index (χ0n) is 11.5. The Morgan fingerprint density at radius 3 is 2.76 bits per heavy atom. The number of carbonyl (C=O) groups excluding carboxylic acids is 1. The zero-order chi connectivity index (χ0) is 15.2. The quantitative estimate of drug-likeness (QED) is 0.834. The maximum absolute atomic E-state index is 11.7. The number of esters is 1. The number of nitrogens with one attached hydrogen (secondary N) is 1. The number of anilines is 3. The fraction of sp³-hybridized carbons (Fsp3) is 0.133. The molecule has 3 N–H and O–H groups in total. The van der Waals surface area contributed by atoms with Crippen molar-refractivity contribution in [3.05, 3.63) is 47.7 Å². The molecule has 0 aliphatic rings. The molecule has 0 saturated heterocycles. The number of nitrogen functional groups attached to an aromatic ring is 1. The van der Waals surface area contributed by atoms with Crippen LogP contribution in [0.3, 0.4) is 0 Å². The van der Waals surface area contributed by atoms with E-state index in [1.807, 2.05) is 24.3 Å². The molecular formula is C15H14N4O2. The Morgan fingerprint density at radius 1 is 1.43 bits per heavy atom. The lowest BCUT2D eigenvalue weighted by atomic mass is 10.1. The highest BCUT2D eigenvalue weighted by Gasteiger charge is 2.14. The van der Waals surface area contributed by atoms with Crippen molar-refractivity contribution in [2.45, 2.75) is 6.42 Å². The molecule has 6 nitrogen and oxygen atoms in total. The number of pyridine rings is 1. The second-order valence-electron chi connectivity index (χ2n) is 4.31. The highest BCUT2D eigenvalue weighted by Crippen LogP contribution is 2.21. The topological polar surface area (TPSA) is 101 Å². The van der Waals surface area contributed by atoms with Gasteiger partial charge in [0.15, 0.2) is 0 Å². The van der Waals surface area contributed by atoms with Crippen LogP contribution in [0.25, 0.3) is 0 Å². The van der Waals surface area contributed by atoms with Crippen molar-refractivity contribution in [2.24, 2.45) is 0 Å². The van der Waals surface area contributed by atoms with Gasteiger partial charge >= 0.3 is 5.97 Å². The first-order chi connectivity index (χ1) is 10.1. The van der Waals surface area contributed by atoms with Crippen LogP contribution in [0, 0.1) is 11.3 Å². The first-order valence-electron chi connectivity index (χ1n) is 6.21.